The van der Waals surface area contributed by atoms with Gasteiger partial charge in [-0.1, -0.05) is 31.9 Å². The van der Waals surface area contributed by atoms with Gasteiger partial charge in [0.05, 0.1) is 11.3 Å². The van der Waals surface area contributed by atoms with Crippen LogP contribution in [0.25, 0.3) is 11.3 Å². The van der Waals surface area contributed by atoms with Crippen LogP contribution >= 0.6 is 31.9 Å². The molecule has 0 aliphatic carbocycles. The number of alkyl halides is 3. The fraction of sp³-hybridized carbons (Fsp3) is 0.100. The van der Waals surface area contributed by atoms with E-state index < -0.39 is 11.7 Å². The van der Waals surface area contributed by atoms with E-state index in [0.717, 1.165) is 12.1 Å². The average molecular weight is 370 g/mol. The van der Waals surface area contributed by atoms with E-state index in [1.807, 2.05) is 0 Å². The van der Waals surface area contributed by atoms with Crippen molar-refractivity contribution >= 4 is 31.9 Å². The van der Waals surface area contributed by atoms with Crippen LogP contribution in [0.4, 0.5) is 13.2 Å². The molecule has 2 nitrogen and oxygen atoms in total. The highest BCUT2D eigenvalue weighted by molar-refractivity contribution is 9.11. The third-order valence-corrected chi connectivity index (χ3v) is 3.39. The van der Waals surface area contributed by atoms with Crippen molar-refractivity contribution < 1.29 is 13.2 Å². The molecule has 0 bridgehead atoms. The Hall–Kier alpha value is -0.820. The Balaban J connectivity index is 2.58. The van der Waals surface area contributed by atoms with Crippen LogP contribution in [0.5, 0.6) is 0 Å². The lowest BCUT2D eigenvalue weighted by Crippen LogP contribution is -2.05. The number of aromatic nitrogens is 2. The first-order valence-electron chi connectivity index (χ1n) is 4.45. The van der Waals surface area contributed by atoms with Gasteiger partial charge in [-0.05, 0) is 18.2 Å². The fourth-order valence-corrected chi connectivity index (χ4v) is 3.00. The number of nitrogens with zero attached hydrogens (tertiary/aromatic N) is 1. The van der Waals surface area contributed by atoms with Gasteiger partial charge in [-0.3, -0.25) is 5.10 Å². The van der Waals surface area contributed by atoms with E-state index in [-0.39, 0.29) is 0 Å². The van der Waals surface area contributed by atoms with Gasteiger partial charge in [-0.15, -0.1) is 0 Å². The Morgan fingerprint density at radius 1 is 1.12 bits per heavy atom. The second-order valence-electron chi connectivity index (χ2n) is 3.28. The first-order valence-corrected chi connectivity index (χ1v) is 6.04. The number of nitrogens with one attached hydrogen (secondary N) is 1. The molecule has 0 spiro atoms. The highest BCUT2D eigenvalue weighted by atomic mass is 79.9. The molecule has 1 aromatic carbocycles. The Kier molecular flexibility index (Phi) is 3.31. The summed E-state index contributed by atoms with van der Waals surface area (Å²) in [6, 6.07) is 3.76. The van der Waals surface area contributed by atoms with E-state index in [2.05, 4.69) is 42.1 Å². The third kappa shape index (κ3) is 2.55. The number of benzene rings is 1. The summed E-state index contributed by atoms with van der Waals surface area (Å²) < 4.78 is 38.4. The number of H-pyrrole nitrogens is 1. The van der Waals surface area contributed by atoms with Crippen molar-refractivity contribution in [2.75, 3.05) is 0 Å². The number of hydrogen-bond donors (Lipinski definition) is 1. The number of rotatable bonds is 1. The SMILES string of the molecule is FC(F)(F)c1cc(Br)c(-c2ccn[nH]2)c(Br)c1. The molecule has 0 saturated heterocycles. The van der Waals surface area contributed by atoms with Crippen LogP contribution in [0.15, 0.2) is 33.3 Å². The summed E-state index contributed by atoms with van der Waals surface area (Å²) in [5.74, 6) is 0. The Bertz CT molecular complexity index is 512. The third-order valence-electron chi connectivity index (χ3n) is 2.14. The Morgan fingerprint density at radius 3 is 2.12 bits per heavy atom. The minimum Gasteiger partial charge on any atom is -0.278 e. The lowest BCUT2D eigenvalue weighted by Gasteiger charge is -2.11. The van der Waals surface area contributed by atoms with Crippen LogP contribution in [0, 0.1) is 0 Å². The molecule has 0 aliphatic heterocycles. The minimum atomic E-state index is -4.36. The molecule has 2 aromatic rings. The lowest BCUT2D eigenvalue weighted by molar-refractivity contribution is -0.137. The predicted octanol–water partition coefficient (Wildman–Crippen LogP) is 4.62. The maximum Gasteiger partial charge on any atom is 0.416 e. The van der Waals surface area contributed by atoms with Gasteiger partial charge in [0, 0.05) is 20.7 Å². The topological polar surface area (TPSA) is 28.7 Å². The molecular formula is C10H5Br2F3N2. The van der Waals surface area contributed by atoms with Crippen molar-refractivity contribution in [2.45, 2.75) is 6.18 Å². The molecule has 17 heavy (non-hydrogen) atoms. The van der Waals surface area contributed by atoms with E-state index in [4.69, 9.17) is 0 Å². The minimum absolute atomic E-state index is 0.350. The van der Waals surface area contributed by atoms with Crippen LogP contribution in [0.3, 0.4) is 0 Å². The monoisotopic (exact) mass is 368 g/mol. The highest BCUT2D eigenvalue weighted by Gasteiger charge is 2.32. The van der Waals surface area contributed by atoms with E-state index in [1.165, 1.54) is 6.20 Å². The molecular weight excluding hydrogens is 365 g/mol. The van der Waals surface area contributed by atoms with Gasteiger partial charge in [0.1, 0.15) is 0 Å². The zero-order chi connectivity index (χ0) is 12.6. The molecule has 0 unspecified atom stereocenters. The first-order chi connectivity index (χ1) is 7.89. The van der Waals surface area contributed by atoms with E-state index in [1.54, 1.807) is 6.07 Å². The summed E-state index contributed by atoms with van der Waals surface area (Å²) in [7, 11) is 0. The van der Waals surface area contributed by atoms with Gasteiger partial charge >= 0.3 is 6.18 Å². The molecule has 0 saturated carbocycles. The molecule has 0 atom stereocenters. The van der Waals surface area contributed by atoms with E-state index in [0.29, 0.717) is 20.2 Å². The highest BCUT2D eigenvalue weighted by Crippen LogP contribution is 2.39. The summed E-state index contributed by atoms with van der Waals surface area (Å²) >= 11 is 6.27. The van der Waals surface area contributed by atoms with Gasteiger partial charge < -0.3 is 0 Å². The molecule has 0 fully saturated rings. The van der Waals surface area contributed by atoms with E-state index in [9.17, 15) is 13.2 Å². The zero-order valence-corrected chi connectivity index (χ0v) is 11.3. The van der Waals surface area contributed by atoms with Crippen LogP contribution < -0.4 is 0 Å². The molecule has 90 valence electrons. The smallest absolute Gasteiger partial charge is 0.278 e. The standard InChI is InChI=1S/C10H5Br2F3N2/c11-6-3-5(10(13,14)15)4-7(12)9(6)8-1-2-16-17-8/h1-4H,(H,16,17). The number of halogens is 5. The Labute approximate surface area is 111 Å². The fourth-order valence-electron chi connectivity index (χ4n) is 1.39. The quantitative estimate of drug-likeness (QED) is 0.780. The van der Waals surface area contributed by atoms with Crippen LogP contribution in [0.1, 0.15) is 5.56 Å². The van der Waals surface area contributed by atoms with Gasteiger partial charge in [0.2, 0.25) is 0 Å². The number of hydrogen-bond acceptors (Lipinski definition) is 1. The Morgan fingerprint density at radius 2 is 1.71 bits per heavy atom. The molecule has 0 radical (unpaired) electrons. The second kappa shape index (κ2) is 4.45. The van der Waals surface area contributed by atoms with Crippen LogP contribution in [0.2, 0.25) is 0 Å². The summed E-state index contributed by atoms with van der Waals surface area (Å²) in [5.41, 5.74) is 0.535. The van der Waals surface area contributed by atoms with E-state index >= 15 is 0 Å². The maximum absolute atomic E-state index is 12.6. The molecule has 7 heteroatoms. The number of aromatic amines is 1. The van der Waals surface area contributed by atoms with Gasteiger partial charge in [0.25, 0.3) is 0 Å². The molecule has 0 aliphatic rings. The van der Waals surface area contributed by atoms with Crippen LogP contribution in [-0.4, -0.2) is 10.2 Å². The summed E-state index contributed by atoms with van der Waals surface area (Å²) in [4.78, 5) is 0. The summed E-state index contributed by atoms with van der Waals surface area (Å²) in [5, 5.41) is 6.47. The van der Waals surface area contributed by atoms with Gasteiger partial charge in [-0.25, -0.2) is 0 Å². The van der Waals surface area contributed by atoms with Crippen molar-refractivity contribution in [3.63, 3.8) is 0 Å². The van der Waals surface area contributed by atoms with Crippen molar-refractivity contribution in [3.05, 3.63) is 38.9 Å². The molecule has 2 rings (SSSR count). The molecule has 1 heterocycles. The average Bonchev–Trinajstić information content (AvgIpc) is 2.68. The summed E-state index contributed by atoms with van der Waals surface area (Å²) in [6.45, 7) is 0. The van der Waals surface area contributed by atoms with Crippen molar-refractivity contribution in [1.29, 1.82) is 0 Å². The van der Waals surface area contributed by atoms with Gasteiger partial charge in [0.15, 0.2) is 0 Å². The zero-order valence-electron chi connectivity index (χ0n) is 8.15. The van der Waals surface area contributed by atoms with Gasteiger partial charge in [-0.2, -0.15) is 18.3 Å². The second-order valence-corrected chi connectivity index (χ2v) is 4.99. The normalized spacial score (nSPS) is 11.8. The maximum atomic E-state index is 12.6. The van der Waals surface area contributed by atoms with Crippen LogP contribution in [-0.2, 0) is 6.18 Å². The van der Waals surface area contributed by atoms with Crippen molar-refractivity contribution in [1.82, 2.24) is 10.2 Å². The largest absolute Gasteiger partial charge is 0.416 e. The van der Waals surface area contributed by atoms with Crippen molar-refractivity contribution in [2.24, 2.45) is 0 Å². The molecule has 0 amide bonds. The van der Waals surface area contributed by atoms with Crippen molar-refractivity contribution in [3.8, 4) is 11.3 Å². The lowest BCUT2D eigenvalue weighted by atomic mass is 10.1. The molecule has 1 aromatic heterocycles. The summed E-state index contributed by atoms with van der Waals surface area (Å²) in [6.07, 6.45) is -2.83. The molecule has 1 N–H and O–H groups in total. The predicted molar refractivity (Wildman–Crippen MR) is 64.4 cm³/mol. The first kappa shape index (κ1) is 12.6.